The first kappa shape index (κ1) is 24.4. The van der Waals surface area contributed by atoms with Gasteiger partial charge in [-0.2, -0.15) is 0 Å². The number of nitrogens with one attached hydrogen (secondary N) is 3. The van der Waals surface area contributed by atoms with Crippen LogP contribution in [-0.4, -0.2) is 37.8 Å². The molecule has 0 atom stereocenters. The lowest BCUT2D eigenvalue weighted by atomic mass is 10.1. The van der Waals surface area contributed by atoms with Crippen LogP contribution in [0.15, 0.2) is 23.2 Å². The third-order valence-corrected chi connectivity index (χ3v) is 3.23. The summed E-state index contributed by atoms with van der Waals surface area (Å²) in [5, 5.41) is 8.96. The number of carbonyl (C=O) groups is 1. The SMILES string of the molecule is CN=C(NCCCNC(=O)OC(C)(C)C)NCc1ccc(C)c(F)c1.I. The van der Waals surface area contributed by atoms with Gasteiger partial charge in [-0.1, -0.05) is 12.1 Å². The van der Waals surface area contributed by atoms with E-state index in [9.17, 15) is 9.18 Å². The fourth-order valence-electron chi connectivity index (χ4n) is 1.95. The fourth-order valence-corrected chi connectivity index (χ4v) is 1.95. The molecule has 0 aliphatic heterocycles. The lowest BCUT2D eigenvalue weighted by Crippen LogP contribution is -2.39. The lowest BCUT2D eigenvalue weighted by molar-refractivity contribution is 0.0527. The molecule has 0 aliphatic carbocycles. The Bertz CT molecular complexity index is 603. The smallest absolute Gasteiger partial charge is 0.407 e. The minimum absolute atomic E-state index is 0. The van der Waals surface area contributed by atoms with Gasteiger partial charge in [0.1, 0.15) is 11.4 Å². The Hall–Kier alpha value is -1.58. The van der Waals surface area contributed by atoms with E-state index in [1.807, 2.05) is 26.8 Å². The van der Waals surface area contributed by atoms with Crippen molar-refractivity contribution in [1.29, 1.82) is 0 Å². The van der Waals surface area contributed by atoms with E-state index in [0.717, 1.165) is 12.0 Å². The van der Waals surface area contributed by atoms with Gasteiger partial charge in [0.25, 0.3) is 0 Å². The van der Waals surface area contributed by atoms with Crippen LogP contribution in [0.25, 0.3) is 0 Å². The number of benzene rings is 1. The van der Waals surface area contributed by atoms with E-state index in [1.165, 1.54) is 6.07 Å². The van der Waals surface area contributed by atoms with E-state index in [-0.39, 0.29) is 29.8 Å². The van der Waals surface area contributed by atoms with Gasteiger partial charge in [0.05, 0.1) is 0 Å². The number of aryl methyl sites for hydroxylation is 1. The molecule has 0 saturated heterocycles. The van der Waals surface area contributed by atoms with Gasteiger partial charge in [0.15, 0.2) is 5.96 Å². The van der Waals surface area contributed by atoms with Gasteiger partial charge >= 0.3 is 6.09 Å². The van der Waals surface area contributed by atoms with Gasteiger partial charge in [-0.25, -0.2) is 9.18 Å². The van der Waals surface area contributed by atoms with E-state index in [1.54, 1.807) is 20.0 Å². The molecule has 0 saturated carbocycles. The van der Waals surface area contributed by atoms with Crippen molar-refractivity contribution in [2.75, 3.05) is 20.1 Å². The quantitative estimate of drug-likeness (QED) is 0.253. The third-order valence-electron chi connectivity index (χ3n) is 3.23. The Kier molecular flexibility index (Phi) is 11.2. The van der Waals surface area contributed by atoms with Crippen molar-refractivity contribution in [2.24, 2.45) is 4.99 Å². The molecule has 3 N–H and O–H groups in total. The monoisotopic (exact) mass is 480 g/mol. The van der Waals surface area contributed by atoms with Gasteiger partial charge in [-0.3, -0.25) is 4.99 Å². The number of guanidine groups is 1. The molecule has 1 aromatic carbocycles. The fraction of sp³-hybridized carbons (Fsp3) is 0.556. The number of nitrogens with zero attached hydrogens (tertiary/aromatic N) is 1. The van der Waals surface area contributed by atoms with Crippen LogP contribution in [0.1, 0.15) is 38.3 Å². The summed E-state index contributed by atoms with van der Waals surface area (Å²) >= 11 is 0. The van der Waals surface area contributed by atoms with E-state index >= 15 is 0 Å². The number of ether oxygens (including phenoxy) is 1. The van der Waals surface area contributed by atoms with Crippen molar-refractivity contribution in [3.8, 4) is 0 Å². The molecule has 0 aromatic heterocycles. The maximum atomic E-state index is 13.5. The summed E-state index contributed by atoms with van der Waals surface area (Å²) in [7, 11) is 1.67. The maximum Gasteiger partial charge on any atom is 0.407 e. The number of alkyl carbamates (subject to hydrolysis) is 1. The van der Waals surface area contributed by atoms with E-state index < -0.39 is 11.7 Å². The van der Waals surface area contributed by atoms with Gasteiger partial charge in [0.2, 0.25) is 0 Å². The molecule has 0 heterocycles. The van der Waals surface area contributed by atoms with Crippen LogP contribution in [0.2, 0.25) is 0 Å². The Morgan fingerprint density at radius 3 is 2.42 bits per heavy atom. The second-order valence-electron chi connectivity index (χ2n) is 6.72. The summed E-state index contributed by atoms with van der Waals surface area (Å²) in [5.74, 6) is 0.411. The van der Waals surface area contributed by atoms with Crippen molar-refractivity contribution in [3.63, 3.8) is 0 Å². The molecular formula is C18H30FIN4O2. The van der Waals surface area contributed by atoms with E-state index in [4.69, 9.17) is 4.74 Å². The molecule has 1 rings (SSSR count). The topological polar surface area (TPSA) is 74.8 Å². The van der Waals surface area contributed by atoms with E-state index in [0.29, 0.717) is 31.2 Å². The first-order chi connectivity index (χ1) is 11.7. The number of aliphatic imine (C=N–C) groups is 1. The molecule has 0 bridgehead atoms. The molecule has 0 aliphatic rings. The highest BCUT2D eigenvalue weighted by molar-refractivity contribution is 14.0. The number of rotatable bonds is 6. The molecule has 6 nitrogen and oxygen atoms in total. The maximum absolute atomic E-state index is 13.5. The molecule has 26 heavy (non-hydrogen) atoms. The predicted molar refractivity (Wildman–Crippen MR) is 114 cm³/mol. The number of hydrogen-bond acceptors (Lipinski definition) is 3. The van der Waals surface area contributed by atoms with Crippen molar-refractivity contribution in [2.45, 2.75) is 46.3 Å². The second-order valence-corrected chi connectivity index (χ2v) is 6.72. The highest BCUT2D eigenvalue weighted by Gasteiger charge is 2.15. The van der Waals surface area contributed by atoms with Gasteiger partial charge in [-0.15, -0.1) is 24.0 Å². The van der Waals surface area contributed by atoms with Crippen LogP contribution in [0.3, 0.4) is 0 Å². The summed E-state index contributed by atoms with van der Waals surface area (Å²) in [6.07, 6.45) is 0.301. The standard InChI is InChI=1S/C18H29FN4O2.HI/c1-13-7-8-14(11-15(13)19)12-23-16(20-5)21-9-6-10-22-17(24)25-18(2,3)4;/h7-8,11H,6,9-10,12H2,1-5H3,(H,22,24)(H2,20,21,23);1H. The van der Waals surface area contributed by atoms with Crippen molar-refractivity contribution in [1.82, 2.24) is 16.0 Å². The van der Waals surface area contributed by atoms with Crippen LogP contribution in [0, 0.1) is 12.7 Å². The van der Waals surface area contributed by atoms with Crippen molar-refractivity contribution in [3.05, 3.63) is 35.1 Å². The van der Waals surface area contributed by atoms with E-state index in [2.05, 4.69) is 20.9 Å². The normalized spacial score (nSPS) is 11.4. The predicted octanol–water partition coefficient (Wildman–Crippen LogP) is 3.33. The summed E-state index contributed by atoms with van der Waals surface area (Å²) < 4.78 is 18.7. The molecule has 148 valence electrons. The minimum atomic E-state index is -0.496. The number of halogens is 2. The number of amides is 1. The molecule has 0 fully saturated rings. The van der Waals surface area contributed by atoms with Gasteiger partial charge in [0, 0.05) is 26.7 Å². The van der Waals surface area contributed by atoms with Crippen molar-refractivity contribution >= 4 is 36.0 Å². The highest BCUT2D eigenvalue weighted by atomic mass is 127. The minimum Gasteiger partial charge on any atom is -0.444 e. The first-order valence-electron chi connectivity index (χ1n) is 8.37. The molecule has 0 unspecified atom stereocenters. The third kappa shape index (κ3) is 10.4. The average Bonchev–Trinajstić information content (AvgIpc) is 2.51. The largest absolute Gasteiger partial charge is 0.444 e. The van der Waals surface area contributed by atoms with Crippen LogP contribution in [0.5, 0.6) is 0 Å². The number of hydrogen-bond donors (Lipinski definition) is 3. The Labute approximate surface area is 172 Å². The zero-order valence-electron chi connectivity index (χ0n) is 16.1. The molecule has 1 aromatic rings. The lowest BCUT2D eigenvalue weighted by Gasteiger charge is -2.19. The Morgan fingerprint density at radius 2 is 1.85 bits per heavy atom. The van der Waals surface area contributed by atoms with Crippen LogP contribution in [0.4, 0.5) is 9.18 Å². The molecule has 8 heteroatoms. The van der Waals surface area contributed by atoms with Crippen LogP contribution >= 0.6 is 24.0 Å². The average molecular weight is 480 g/mol. The molecule has 1 amide bonds. The second kappa shape index (κ2) is 11.9. The highest BCUT2D eigenvalue weighted by Crippen LogP contribution is 2.08. The molecular weight excluding hydrogens is 450 g/mol. The first-order valence-corrected chi connectivity index (χ1v) is 8.37. The molecule has 0 radical (unpaired) electrons. The summed E-state index contributed by atoms with van der Waals surface area (Å²) in [6.45, 7) is 8.82. The summed E-state index contributed by atoms with van der Waals surface area (Å²) in [6, 6.07) is 5.15. The number of carbonyl (C=O) groups excluding carboxylic acids is 1. The summed E-state index contributed by atoms with van der Waals surface area (Å²) in [4.78, 5) is 15.6. The Balaban J connectivity index is 0.00000625. The van der Waals surface area contributed by atoms with Crippen molar-refractivity contribution < 1.29 is 13.9 Å². The molecule has 0 spiro atoms. The zero-order chi connectivity index (χ0) is 18.9. The van der Waals surface area contributed by atoms with Gasteiger partial charge < -0.3 is 20.7 Å². The Morgan fingerprint density at radius 1 is 1.19 bits per heavy atom. The van der Waals surface area contributed by atoms with Crippen LogP contribution in [-0.2, 0) is 11.3 Å². The van der Waals surface area contributed by atoms with Crippen LogP contribution < -0.4 is 16.0 Å². The zero-order valence-corrected chi connectivity index (χ0v) is 18.4. The summed E-state index contributed by atoms with van der Waals surface area (Å²) in [5.41, 5.74) is 0.977. The van der Waals surface area contributed by atoms with Gasteiger partial charge in [-0.05, 0) is 51.3 Å².